The van der Waals surface area contributed by atoms with Crippen molar-refractivity contribution in [2.24, 2.45) is 0 Å². The molecule has 0 saturated carbocycles. The topological polar surface area (TPSA) is 71.1 Å². The number of hydrogen-bond acceptors (Lipinski definition) is 4. The predicted octanol–water partition coefficient (Wildman–Crippen LogP) is 5.11. The Kier molecular flexibility index (Phi) is 5.41. The second-order valence-electron chi connectivity index (χ2n) is 6.59. The van der Waals surface area contributed by atoms with Gasteiger partial charge in [-0.05, 0) is 49.6 Å². The van der Waals surface area contributed by atoms with Crippen LogP contribution in [0.3, 0.4) is 0 Å². The molecule has 0 saturated heterocycles. The SMILES string of the molecule is O=C(Nc1nc2c(s1)CCCC2C(=O)Nc1cccc(Cl)c1)c1ccccc1. The summed E-state index contributed by atoms with van der Waals surface area (Å²) in [4.78, 5) is 30.8. The van der Waals surface area contributed by atoms with Crippen LogP contribution in [0.4, 0.5) is 10.8 Å². The van der Waals surface area contributed by atoms with Crippen LogP contribution < -0.4 is 10.6 Å². The fourth-order valence-electron chi connectivity index (χ4n) is 3.28. The zero-order valence-electron chi connectivity index (χ0n) is 14.9. The number of aryl methyl sites for hydroxylation is 1. The maximum atomic E-state index is 12.8. The third-order valence-electron chi connectivity index (χ3n) is 4.62. The van der Waals surface area contributed by atoms with Crippen LogP contribution in [-0.4, -0.2) is 16.8 Å². The smallest absolute Gasteiger partial charge is 0.257 e. The fourth-order valence-corrected chi connectivity index (χ4v) is 4.53. The van der Waals surface area contributed by atoms with Gasteiger partial charge in [0.1, 0.15) is 0 Å². The molecule has 1 aliphatic rings. The molecule has 3 aromatic rings. The lowest BCUT2D eigenvalue weighted by Gasteiger charge is -2.20. The number of amides is 2. The zero-order valence-corrected chi connectivity index (χ0v) is 16.5. The monoisotopic (exact) mass is 411 g/mol. The maximum absolute atomic E-state index is 12.8. The number of carbonyl (C=O) groups excluding carboxylic acids is 2. The van der Waals surface area contributed by atoms with Crippen LogP contribution in [0.25, 0.3) is 0 Å². The Bertz CT molecular complexity index is 1020. The van der Waals surface area contributed by atoms with E-state index in [1.807, 2.05) is 18.2 Å². The minimum absolute atomic E-state index is 0.102. The van der Waals surface area contributed by atoms with Crippen LogP contribution in [0.2, 0.25) is 5.02 Å². The number of carbonyl (C=O) groups is 2. The second kappa shape index (κ2) is 8.12. The number of anilines is 2. The highest BCUT2D eigenvalue weighted by atomic mass is 35.5. The molecule has 5 nitrogen and oxygen atoms in total. The van der Waals surface area contributed by atoms with E-state index < -0.39 is 0 Å². The number of hydrogen-bond donors (Lipinski definition) is 2. The van der Waals surface area contributed by atoms with Crippen molar-refractivity contribution in [1.82, 2.24) is 4.98 Å². The number of halogens is 1. The van der Waals surface area contributed by atoms with Gasteiger partial charge < -0.3 is 5.32 Å². The Morgan fingerprint density at radius 3 is 2.68 bits per heavy atom. The second-order valence-corrected chi connectivity index (χ2v) is 8.11. The summed E-state index contributed by atoms with van der Waals surface area (Å²) in [5.41, 5.74) is 2.00. The average molecular weight is 412 g/mol. The van der Waals surface area contributed by atoms with Gasteiger partial charge in [-0.1, -0.05) is 35.9 Å². The molecular formula is C21H18ClN3O2S. The van der Waals surface area contributed by atoms with Gasteiger partial charge >= 0.3 is 0 Å². The zero-order chi connectivity index (χ0) is 19.5. The molecule has 28 heavy (non-hydrogen) atoms. The molecule has 1 aromatic heterocycles. The van der Waals surface area contributed by atoms with E-state index in [1.165, 1.54) is 11.3 Å². The maximum Gasteiger partial charge on any atom is 0.257 e. The summed E-state index contributed by atoms with van der Waals surface area (Å²) in [7, 11) is 0. The summed E-state index contributed by atoms with van der Waals surface area (Å²) >= 11 is 7.44. The van der Waals surface area contributed by atoms with Gasteiger partial charge in [-0.2, -0.15) is 0 Å². The Hall–Kier alpha value is -2.70. The Labute approximate surface area is 171 Å². The molecule has 0 radical (unpaired) electrons. The number of nitrogens with one attached hydrogen (secondary N) is 2. The lowest BCUT2D eigenvalue weighted by Crippen LogP contribution is -2.24. The minimum atomic E-state index is -0.332. The van der Waals surface area contributed by atoms with Crippen LogP contribution in [-0.2, 0) is 11.2 Å². The molecule has 0 fully saturated rings. The molecule has 1 unspecified atom stereocenters. The molecule has 2 amide bonds. The van der Waals surface area contributed by atoms with Crippen LogP contribution in [0.15, 0.2) is 54.6 Å². The van der Waals surface area contributed by atoms with Crippen molar-refractivity contribution in [3.8, 4) is 0 Å². The van der Waals surface area contributed by atoms with Gasteiger partial charge in [-0.15, -0.1) is 11.3 Å². The fraction of sp³-hybridized carbons (Fsp3) is 0.190. The predicted molar refractivity (Wildman–Crippen MR) is 112 cm³/mol. The molecule has 0 bridgehead atoms. The van der Waals surface area contributed by atoms with E-state index in [0.717, 1.165) is 29.8 Å². The summed E-state index contributed by atoms with van der Waals surface area (Å²) < 4.78 is 0. The van der Waals surface area contributed by atoms with E-state index in [2.05, 4.69) is 15.6 Å². The molecule has 4 rings (SSSR count). The molecule has 142 valence electrons. The molecule has 2 aromatic carbocycles. The van der Waals surface area contributed by atoms with E-state index in [1.54, 1.807) is 36.4 Å². The van der Waals surface area contributed by atoms with E-state index in [4.69, 9.17) is 11.6 Å². The van der Waals surface area contributed by atoms with E-state index in [0.29, 0.717) is 21.4 Å². The van der Waals surface area contributed by atoms with Crippen LogP contribution in [0.1, 0.15) is 39.7 Å². The van der Waals surface area contributed by atoms with E-state index >= 15 is 0 Å². The summed E-state index contributed by atoms with van der Waals surface area (Å²) in [6.45, 7) is 0. The third kappa shape index (κ3) is 4.08. The molecular weight excluding hydrogens is 394 g/mol. The van der Waals surface area contributed by atoms with E-state index in [9.17, 15) is 9.59 Å². The lowest BCUT2D eigenvalue weighted by atomic mass is 9.90. The molecule has 1 aliphatic carbocycles. The highest BCUT2D eigenvalue weighted by Gasteiger charge is 2.30. The molecule has 1 atom stereocenters. The van der Waals surface area contributed by atoms with Crippen molar-refractivity contribution in [3.63, 3.8) is 0 Å². The highest BCUT2D eigenvalue weighted by molar-refractivity contribution is 7.16. The number of nitrogens with zero attached hydrogens (tertiary/aromatic N) is 1. The molecule has 7 heteroatoms. The number of benzene rings is 2. The molecule has 2 N–H and O–H groups in total. The van der Waals surface area contributed by atoms with Gasteiger partial charge in [0.05, 0.1) is 11.6 Å². The summed E-state index contributed by atoms with van der Waals surface area (Å²) in [6, 6.07) is 16.1. The Morgan fingerprint density at radius 2 is 1.89 bits per heavy atom. The van der Waals surface area contributed by atoms with Crippen LogP contribution >= 0.6 is 22.9 Å². The first kappa shape index (κ1) is 18.7. The number of aromatic nitrogens is 1. The first-order valence-corrected chi connectivity index (χ1v) is 10.2. The Balaban J connectivity index is 1.51. The van der Waals surface area contributed by atoms with Crippen molar-refractivity contribution in [2.45, 2.75) is 25.2 Å². The van der Waals surface area contributed by atoms with Crippen molar-refractivity contribution in [3.05, 3.63) is 75.8 Å². The molecule has 0 spiro atoms. The quantitative estimate of drug-likeness (QED) is 0.626. The highest BCUT2D eigenvalue weighted by Crippen LogP contribution is 2.37. The number of thiazole rings is 1. The normalized spacial score (nSPS) is 15.5. The Morgan fingerprint density at radius 1 is 1.07 bits per heavy atom. The molecule has 0 aliphatic heterocycles. The first-order valence-electron chi connectivity index (χ1n) is 9.02. The van der Waals surface area contributed by atoms with Gasteiger partial charge in [0, 0.05) is 21.2 Å². The van der Waals surface area contributed by atoms with Crippen LogP contribution in [0, 0.1) is 0 Å². The van der Waals surface area contributed by atoms with Crippen molar-refractivity contribution < 1.29 is 9.59 Å². The van der Waals surface area contributed by atoms with Crippen LogP contribution in [0.5, 0.6) is 0 Å². The van der Waals surface area contributed by atoms with Gasteiger partial charge in [0.25, 0.3) is 5.91 Å². The third-order valence-corrected chi connectivity index (χ3v) is 5.90. The summed E-state index contributed by atoms with van der Waals surface area (Å²) in [5, 5.41) is 6.87. The van der Waals surface area contributed by atoms with Crippen molar-refractivity contribution >= 4 is 45.6 Å². The first-order chi connectivity index (χ1) is 13.6. The van der Waals surface area contributed by atoms with E-state index in [-0.39, 0.29) is 17.7 Å². The van der Waals surface area contributed by atoms with Gasteiger partial charge in [0.2, 0.25) is 5.91 Å². The summed E-state index contributed by atoms with van der Waals surface area (Å²) in [6.07, 6.45) is 2.51. The van der Waals surface area contributed by atoms with Crippen molar-refractivity contribution in [2.75, 3.05) is 10.6 Å². The minimum Gasteiger partial charge on any atom is -0.325 e. The number of fused-ring (bicyclic) bond motifs is 1. The molecule has 1 heterocycles. The van der Waals surface area contributed by atoms with Gasteiger partial charge in [-0.25, -0.2) is 4.98 Å². The number of rotatable bonds is 4. The standard InChI is InChI=1S/C21H18ClN3O2S/c22-14-8-4-9-15(12-14)23-20(27)16-10-5-11-17-18(16)24-21(28-17)25-19(26)13-6-2-1-3-7-13/h1-4,6-9,12,16H,5,10-11H2,(H,23,27)(H,24,25,26). The lowest BCUT2D eigenvalue weighted by molar-refractivity contribution is -0.117. The average Bonchev–Trinajstić information content (AvgIpc) is 3.11. The van der Waals surface area contributed by atoms with Gasteiger partial charge in [-0.3, -0.25) is 14.9 Å². The largest absolute Gasteiger partial charge is 0.325 e. The van der Waals surface area contributed by atoms with Gasteiger partial charge in [0.15, 0.2) is 5.13 Å². The van der Waals surface area contributed by atoms with Crippen molar-refractivity contribution in [1.29, 1.82) is 0 Å². The summed E-state index contributed by atoms with van der Waals surface area (Å²) in [5.74, 6) is -0.637.